The van der Waals surface area contributed by atoms with Gasteiger partial charge < -0.3 is 9.64 Å². The largest absolute Gasteiger partial charge is 0.495 e. The van der Waals surface area contributed by atoms with E-state index in [1.54, 1.807) is 13.2 Å². The van der Waals surface area contributed by atoms with Gasteiger partial charge >= 0.3 is 0 Å². The van der Waals surface area contributed by atoms with Crippen LogP contribution in [0.4, 0.5) is 5.69 Å². The van der Waals surface area contributed by atoms with Crippen LogP contribution in [0, 0.1) is 0 Å². The van der Waals surface area contributed by atoms with E-state index in [-0.39, 0.29) is 0 Å². The van der Waals surface area contributed by atoms with Crippen LogP contribution >= 0.6 is 0 Å². The minimum Gasteiger partial charge on any atom is -0.495 e. The average molecular weight is 219 g/mol. The molecule has 0 atom stereocenters. The van der Waals surface area contributed by atoms with Crippen LogP contribution in [0.15, 0.2) is 18.2 Å². The maximum atomic E-state index is 10.7. The summed E-state index contributed by atoms with van der Waals surface area (Å²) in [5.41, 5.74) is 1.77. The van der Waals surface area contributed by atoms with Gasteiger partial charge in [-0.2, -0.15) is 0 Å². The third kappa shape index (κ3) is 2.18. The van der Waals surface area contributed by atoms with Crippen molar-refractivity contribution in [2.45, 2.75) is 19.3 Å². The van der Waals surface area contributed by atoms with Gasteiger partial charge in [-0.3, -0.25) is 4.79 Å². The maximum absolute atomic E-state index is 10.7. The third-order valence-electron chi connectivity index (χ3n) is 3.04. The van der Waals surface area contributed by atoms with Gasteiger partial charge in [0.25, 0.3) is 0 Å². The number of ether oxygens (including phenoxy) is 1. The zero-order chi connectivity index (χ0) is 11.4. The Labute approximate surface area is 96.0 Å². The van der Waals surface area contributed by atoms with Gasteiger partial charge in [0.05, 0.1) is 12.8 Å². The second-order valence-corrected chi connectivity index (χ2v) is 4.10. The van der Waals surface area contributed by atoms with Crippen LogP contribution in [0.1, 0.15) is 29.6 Å². The molecule has 1 saturated heterocycles. The number of aldehydes is 1. The Hall–Kier alpha value is -1.51. The fourth-order valence-corrected chi connectivity index (χ4v) is 2.16. The van der Waals surface area contributed by atoms with Gasteiger partial charge in [-0.25, -0.2) is 0 Å². The first-order valence-electron chi connectivity index (χ1n) is 5.73. The van der Waals surface area contributed by atoms with Crippen LogP contribution in [0.25, 0.3) is 0 Å². The number of piperidine rings is 1. The molecule has 0 saturated carbocycles. The van der Waals surface area contributed by atoms with Gasteiger partial charge in [0.1, 0.15) is 12.0 Å². The average Bonchev–Trinajstić information content (AvgIpc) is 2.39. The molecule has 0 aromatic heterocycles. The lowest BCUT2D eigenvalue weighted by molar-refractivity contribution is 0.112. The van der Waals surface area contributed by atoms with Crippen LogP contribution in [0.3, 0.4) is 0 Å². The first kappa shape index (κ1) is 11.0. The van der Waals surface area contributed by atoms with Gasteiger partial charge in [0, 0.05) is 18.7 Å². The maximum Gasteiger partial charge on any atom is 0.150 e. The number of benzene rings is 1. The second kappa shape index (κ2) is 5.01. The monoisotopic (exact) mass is 219 g/mol. The highest BCUT2D eigenvalue weighted by Crippen LogP contribution is 2.30. The Morgan fingerprint density at radius 2 is 2.00 bits per heavy atom. The Bertz CT molecular complexity index is 370. The number of rotatable bonds is 3. The highest BCUT2D eigenvalue weighted by Gasteiger charge is 2.15. The zero-order valence-electron chi connectivity index (χ0n) is 9.61. The fraction of sp³-hybridized carbons (Fsp3) is 0.462. The van der Waals surface area contributed by atoms with Gasteiger partial charge in [-0.1, -0.05) is 0 Å². The van der Waals surface area contributed by atoms with E-state index in [9.17, 15) is 4.79 Å². The Morgan fingerprint density at radius 1 is 1.25 bits per heavy atom. The molecule has 1 heterocycles. The van der Waals surface area contributed by atoms with Gasteiger partial charge in [0.2, 0.25) is 0 Å². The van der Waals surface area contributed by atoms with Crippen molar-refractivity contribution in [2.24, 2.45) is 0 Å². The van der Waals surface area contributed by atoms with Crippen molar-refractivity contribution in [1.82, 2.24) is 0 Å². The first-order valence-corrected chi connectivity index (χ1v) is 5.73. The smallest absolute Gasteiger partial charge is 0.150 e. The molecule has 1 aromatic rings. The summed E-state index contributed by atoms with van der Waals surface area (Å²) in [6.45, 7) is 2.16. The van der Waals surface area contributed by atoms with Crippen LogP contribution < -0.4 is 9.64 Å². The van der Waals surface area contributed by atoms with E-state index in [1.807, 2.05) is 12.1 Å². The van der Waals surface area contributed by atoms with Crippen molar-refractivity contribution in [1.29, 1.82) is 0 Å². The summed E-state index contributed by atoms with van der Waals surface area (Å²) in [5, 5.41) is 0. The van der Waals surface area contributed by atoms with Crippen molar-refractivity contribution < 1.29 is 9.53 Å². The summed E-state index contributed by atoms with van der Waals surface area (Å²) in [6.07, 6.45) is 4.63. The van der Waals surface area contributed by atoms with E-state index in [4.69, 9.17) is 4.74 Å². The van der Waals surface area contributed by atoms with Crippen molar-refractivity contribution in [3.05, 3.63) is 23.8 Å². The highest BCUT2D eigenvalue weighted by molar-refractivity contribution is 5.78. The zero-order valence-corrected chi connectivity index (χ0v) is 9.61. The number of nitrogens with zero attached hydrogens (tertiary/aromatic N) is 1. The molecule has 1 aliphatic rings. The molecule has 1 aliphatic heterocycles. The molecule has 16 heavy (non-hydrogen) atoms. The molecule has 3 nitrogen and oxygen atoms in total. The Morgan fingerprint density at radius 3 is 2.62 bits per heavy atom. The van der Waals surface area contributed by atoms with Crippen molar-refractivity contribution in [3.8, 4) is 5.75 Å². The lowest BCUT2D eigenvalue weighted by Crippen LogP contribution is -2.29. The van der Waals surface area contributed by atoms with Crippen molar-refractivity contribution in [2.75, 3.05) is 25.1 Å². The number of anilines is 1. The Balaban J connectivity index is 2.27. The topological polar surface area (TPSA) is 29.5 Å². The normalized spacial score (nSPS) is 15.9. The molecule has 3 heteroatoms. The molecule has 0 spiro atoms. The lowest BCUT2D eigenvalue weighted by atomic mass is 10.1. The van der Waals surface area contributed by atoms with Crippen LogP contribution in [0.5, 0.6) is 5.75 Å². The number of methoxy groups -OCH3 is 1. The van der Waals surface area contributed by atoms with Crippen molar-refractivity contribution >= 4 is 12.0 Å². The SMILES string of the molecule is COc1cc(C=O)ccc1N1CCCCC1. The molecule has 1 aromatic carbocycles. The van der Waals surface area contributed by atoms with E-state index in [1.165, 1.54) is 19.3 Å². The first-order chi connectivity index (χ1) is 7.85. The highest BCUT2D eigenvalue weighted by atomic mass is 16.5. The summed E-state index contributed by atoms with van der Waals surface area (Å²) in [6, 6.07) is 5.63. The van der Waals surface area contributed by atoms with Crippen LogP contribution in [0.2, 0.25) is 0 Å². The molecular weight excluding hydrogens is 202 g/mol. The quantitative estimate of drug-likeness (QED) is 0.731. The van der Waals surface area contributed by atoms with Gasteiger partial charge in [-0.15, -0.1) is 0 Å². The number of hydrogen-bond donors (Lipinski definition) is 0. The molecular formula is C13H17NO2. The predicted octanol–water partition coefficient (Wildman–Crippen LogP) is 2.50. The minimum atomic E-state index is 0.664. The summed E-state index contributed by atoms with van der Waals surface area (Å²) >= 11 is 0. The molecule has 0 amide bonds. The second-order valence-electron chi connectivity index (χ2n) is 4.10. The van der Waals surface area contributed by atoms with Gasteiger partial charge in [-0.05, 0) is 37.5 Å². The number of hydrogen-bond acceptors (Lipinski definition) is 3. The molecule has 86 valence electrons. The van der Waals surface area contributed by atoms with E-state index in [2.05, 4.69) is 4.90 Å². The Kier molecular flexibility index (Phi) is 3.44. The molecule has 2 rings (SSSR count). The summed E-state index contributed by atoms with van der Waals surface area (Å²) < 4.78 is 5.34. The predicted molar refractivity (Wildman–Crippen MR) is 64.4 cm³/mol. The fourth-order valence-electron chi connectivity index (χ4n) is 2.16. The van der Waals surface area contributed by atoms with E-state index >= 15 is 0 Å². The van der Waals surface area contributed by atoms with E-state index in [0.717, 1.165) is 30.8 Å². The lowest BCUT2D eigenvalue weighted by Gasteiger charge is -2.30. The number of carbonyl (C=O) groups is 1. The summed E-state index contributed by atoms with van der Waals surface area (Å²) in [7, 11) is 1.65. The van der Waals surface area contributed by atoms with Crippen LogP contribution in [-0.4, -0.2) is 26.5 Å². The summed E-state index contributed by atoms with van der Waals surface area (Å²) in [5.74, 6) is 0.798. The molecule has 0 bridgehead atoms. The van der Waals surface area contributed by atoms with Gasteiger partial charge in [0.15, 0.2) is 0 Å². The standard InChI is InChI=1S/C13H17NO2/c1-16-13-9-11(10-15)5-6-12(13)14-7-3-2-4-8-14/h5-6,9-10H,2-4,7-8H2,1H3. The molecule has 0 radical (unpaired) electrons. The molecule has 0 N–H and O–H groups in total. The van der Waals surface area contributed by atoms with E-state index < -0.39 is 0 Å². The summed E-state index contributed by atoms with van der Waals surface area (Å²) in [4.78, 5) is 13.0. The minimum absolute atomic E-state index is 0.664. The van der Waals surface area contributed by atoms with Crippen LogP contribution in [-0.2, 0) is 0 Å². The molecule has 0 aliphatic carbocycles. The molecule has 1 fully saturated rings. The third-order valence-corrected chi connectivity index (χ3v) is 3.04. The van der Waals surface area contributed by atoms with Crippen molar-refractivity contribution in [3.63, 3.8) is 0 Å². The van der Waals surface area contributed by atoms with E-state index in [0.29, 0.717) is 5.56 Å². The number of carbonyl (C=O) groups excluding carboxylic acids is 1. The molecule has 0 unspecified atom stereocenters.